The molecule has 0 heterocycles. The summed E-state index contributed by atoms with van der Waals surface area (Å²) < 4.78 is 0. The Hall–Kier alpha value is -1.11. The van der Waals surface area contributed by atoms with Gasteiger partial charge in [-0.05, 0) is 54.2 Å². The fraction of sp³-hybridized carbons (Fsp3) is 0.611. The molecule has 0 atom stereocenters. The van der Waals surface area contributed by atoms with Gasteiger partial charge in [0.2, 0.25) is 0 Å². The molecule has 1 aromatic rings. The van der Waals surface area contributed by atoms with E-state index in [1.807, 2.05) is 0 Å². The monoisotopic (exact) mass is 258 g/mol. The minimum absolute atomic E-state index is 0.223. The summed E-state index contributed by atoms with van der Waals surface area (Å²) in [4.78, 5) is 11.3. The highest BCUT2D eigenvalue weighted by Crippen LogP contribution is 2.29. The highest BCUT2D eigenvalue weighted by molar-refractivity contribution is 5.79. The van der Waals surface area contributed by atoms with Crippen molar-refractivity contribution in [3.05, 3.63) is 34.9 Å². The van der Waals surface area contributed by atoms with Crippen LogP contribution in [0.15, 0.2) is 18.2 Å². The standard InChI is InChI=1S/C18H26O/c1-13-11-16(18(2,3)4)8-7-15(13)12-14-5-9-17(19)10-6-14/h7-8,11,14H,5-6,9-10,12H2,1-4H3. The molecule has 1 saturated carbocycles. The molecule has 1 aromatic carbocycles. The predicted molar refractivity (Wildman–Crippen MR) is 80.5 cm³/mol. The number of hydrogen-bond acceptors (Lipinski definition) is 1. The molecule has 0 aromatic heterocycles. The smallest absolute Gasteiger partial charge is 0.132 e. The highest BCUT2D eigenvalue weighted by atomic mass is 16.1. The van der Waals surface area contributed by atoms with Crippen molar-refractivity contribution in [2.75, 3.05) is 0 Å². The Morgan fingerprint density at radius 1 is 1.16 bits per heavy atom. The number of hydrogen-bond donors (Lipinski definition) is 0. The second-order valence-corrected chi connectivity index (χ2v) is 7.08. The molecule has 1 nitrogen and oxygen atoms in total. The number of Topliss-reactive ketones (excluding diaryl/α,β-unsaturated/α-hetero) is 1. The molecule has 2 rings (SSSR count). The Balaban J connectivity index is 2.07. The lowest BCUT2D eigenvalue weighted by atomic mass is 9.81. The van der Waals surface area contributed by atoms with Crippen LogP contribution in [-0.2, 0) is 16.6 Å². The van der Waals surface area contributed by atoms with Gasteiger partial charge in [-0.3, -0.25) is 4.79 Å². The molecule has 104 valence electrons. The van der Waals surface area contributed by atoms with Crippen LogP contribution in [0.25, 0.3) is 0 Å². The minimum atomic E-state index is 0.223. The third kappa shape index (κ3) is 3.68. The highest BCUT2D eigenvalue weighted by Gasteiger charge is 2.20. The maximum Gasteiger partial charge on any atom is 0.132 e. The molecule has 0 unspecified atom stereocenters. The fourth-order valence-electron chi connectivity index (χ4n) is 2.91. The van der Waals surface area contributed by atoms with E-state index in [9.17, 15) is 4.79 Å². The summed E-state index contributed by atoms with van der Waals surface area (Å²) in [6.45, 7) is 9.00. The summed E-state index contributed by atoms with van der Waals surface area (Å²) in [5, 5.41) is 0. The van der Waals surface area contributed by atoms with Gasteiger partial charge < -0.3 is 0 Å². The molecule has 0 amide bonds. The van der Waals surface area contributed by atoms with Crippen molar-refractivity contribution in [3.8, 4) is 0 Å². The Bertz CT molecular complexity index is 455. The van der Waals surface area contributed by atoms with Gasteiger partial charge in [-0.2, -0.15) is 0 Å². The fourth-order valence-corrected chi connectivity index (χ4v) is 2.91. The number of rotatable bonds is 2. The van der Waals surface area contributed by atoms with E-state index in [0.29, 0.717) is 11.7 Å². The van der Waals surface area contributed by atoms with Crippen LogP contribution in [0.1, 0.15) is 63.1 Å². The molecule has 0 spiro atoms. The van der Waals surface area contributed by atoms with Gasteiger partial charge in [0.1, 0.15) is 5.78 Å². The Morgan fingerprint density at radius 3 is 2.32 bits per heavy atom. The maximum absolute atomic E-state index is 11.3. The molecular weight excluding hydrogens is 232 g/mol. The summed E-state index contributed by atoms with van der Waals surface area (Å²) in [6, 6.07) is 6.91. The lowest BCUT2D eigenvalue weighted by Crippen LogP contribution is -2.16. The normalized spacial score (nSPS) is 17.8. The quantitative estimate of drug-likeness (QED) is 0.758. The molecule has 1 aliphatic rings. The largest absolute Gasteiger partial charge is 0.300 e. The summed E-state index contributed by atoms with van der Waals surface area (Å²) in [5.41, 5.74) is 4.50. The van der Waals surface area contributed by atoms with E-state index in [-0.39, 0.29) is 5.41 Å². The van der Waals surface area contributed by atoms with E-state index < -0.39 is 0 Å². The zero-order valence-corrected chi connectivity index (χ0v) is 12.8. The second-order valence-electron chi connectivity index (χ2n) is 7.08. The number of carbonyl (C=O) groups is 1. The van der Waals surface area contributed by atoms with E-state index in [4.69, 9.17) is 0 Å². The zero-order chi connectivity index (χ0) is 14.0. The van der Waals surface area contributed by atoms with Gasteiger partial charge in [-0.1, -0.05) is 39.0 Å². The summed E-state index contributed by atoms with van der Waals surface area (Å²) >= 11 is 0. The van der Waals surface area contributed by atoms with Gasteiger partial charge in [-0.15, -0.1) is 0 Å². The van der Waals surface area contributed by atoms with Gasteiger partial charge in [0, 0.05) is 12.8 Å². The first-order valence-electron chi connectivity index (χ1n) is 7.48. The molecule has 0 N–H and O–H groups in total. The van der Waals surface area contributed by atoms with E-state index in [1.54, 1.807) is 0 Å². The van der Waals surface area contributed by atoms with Crippen molar-refractivity contribution < 1.29 is 4.79 Å². The molecule has 1 heteroatoms. The zero-order valence-electron chi connectivity index (χ0n) is 12.8. The van der Waals surface area contributed by atoms with Crippen LogP contribution in [-0.4, -0.2) is 5.78 Å². The SMILES string of the molecule is Cc1cc(C(C)(C)C)ccc1CC1CCC(=O)CC1. The first-order chi connectivity index (χ1) is 8.86. The van der Waals surface area contributed by atoms with Crippen molar-refractivity contribution in [1.82, 2.24) is 0 Å². The van der Waals surface area contributed by atoms with Crippen molar-refractivity contribution in [2.24, 2.45) is 5.92 Å². The number of ketones is 1. The summed E-state index contributed by atoms with van der Waals surface area (Å²) in [5.74, 6) is 1.16. The lowest BCUT2D eigenvalue weighted by molar-refractivity contribution is -0.121. The summed E-state index contributed by atoms with van der Waals surface area (Å²) in [7, 11) is 0. The van der Waals surface area contributed by atoms with E-state index >= 15 is 0 Å². The van der Waals surface area contributed by atoms with E-state index in [1.165, 1.54) is 16.7 Å². The lowest BCUT2D eigenvalue weighted by Gasteiger charge is -2.24. The number of aryl methyl sites for hydroxylation is 1. The van der Waals surface area contributed by atoms with Crippen molar-refractivity contribution in [2.45, 2.75) is 65.2 Å². The van der Waals surface area contributed by atoms with Gasteiger partial charge in [0.25, 0.3) is 0 Å². The van der Waals surface area contributed by atoms with Crippen LogP contribution in [0.5, 0.6) is 0 Å². The summed E-state index contributed by atoms with van der Waals surface area (Å²) in [6.07, 6.45) is 4.90. The van der Waals surface area contributed by atoms with Gasteiger partial charge in [-0.25, -0.2) is 0 Å². The molecule has 1 aliphatic carbocycles. The van der Waals surface area contributed by atoms with Gasteiger partial charge >= 0.3 is 0 Å². The average Bonchev–Trinajstić information content (AvgIpc) is 2.33. The average molecular weight is 258 g/mol. The van der Waals surface area contributed by atoms with Gasteiger partial charge in [0.15, 0.2) is 0 Å². The number of benzene rings is 1. The molecule has 0 bridgehead atoms. The van der Waals surface area contributed by atoms with Crippen molar-refractivity contribution in [1.29, 1.82) is 0 Å². The van der Waals surface area contributed by atoms with Crippen LogP contribution in [0, 0.1) is 12.8 Å². The molecular formula is C18H26O. The molecule has 0 aliphatic heterocycles. The van der Waals surface area contributed by atoms with Crippen LogP contribution >= 0.6 is 0 Å². The topological polar surface area (TPSA) is 17.1 Å². The van der Waals surface area contributed by atoms with E-state index in [2.05, 4.69) is 45.9 Å². The molecule has 19 heavy (non-hydrogen) atoms. The van der Waals surface area contributed by atoms with Crippen LogP contribution < -0.4 is 0 Å². The third-order valence-corrected chi connectivity index (χ3v) is 4.38. The first-order valence-corrected chi connectivity index (χ1v) is 7.48. The Labute approximate surface area is 117 Å². The molecule has 0 radical (unpaired) electrons. The third-order valence-electron chi connectivity index (χ3n) is 4.38. The van der Waals surface area contributed by atoms with E-state index in [0.717, 1.165) is 32.1 Å². The Morgan fingerprint density at radius 2 is 1.79 bits per heavy atom. The van der Waals surface area contributed by atoms with Crippen LogP contribution in [0.3, 0.4) is 0 Å². The van der Waals surface area contributed by atoms with Crippen LogP contribution in [0.2, 0.25) is 0 Å². The minimum Gasteiger partial charge on any atom is -0.300 e. The molecule has 0 saturated heterocycles. The number of carbonyl (C=O) groups excluding carboxylic acids is 1. The Kier molecular flexibility index (Phi) is 4.13. The van der Waals surface area contributed by atoms with Crippen molar-refractivity contribution >= 4 is 5.78 Å². The predicted octanol–water partition coefficient (Wildman–Crippen LogP) is 4.59. The van der Waals surface area contributed by atoms with Gasteiger partial charge in [0.05, 0.1) is 0 Å². The maximum atomic E-state index is 11.3. The second kappa shape index (κ2) is 5.48. The first kappa shape index (κ1) is 14.3. The van der Waals surface area contributed by atoms with Crippen LogP contribution in [0.4, 0.5) is 0 Å². The molecule has 1 fully saturated rings. The van der Waals surface area contributed by atoms with Crippen molar-refractivity contribution in [3.63, 3.8) is 0 Å².